The first kappa shape index (κ1) is 17.3. The first-order chi connectivity index (χ1) is 12.2. The average Bonchev–Trinajstić information content (AvgIpc) is 2.68. The molecule has 0 bridgehead atoms. The van der Waals surface area contributed by atoms with Gasteiger partial charge in [0.25, 0.3) is 5.91 Å². The molecule has 3 rings (SSSR count). The number of nitrogens with one attached hydrogen (secondary N) is 1. The highest BCUT2D eigenvalue weighted by atomic mass is 16.5. The monoisotopic (exact) mass is 340 g/mol. The highest BCUT2D eigenvalue weighted by Crippen LogP contribution is 2.20. The molecule has 1 heterocycles. The molecular formula is C20H26N3O2+. The number of anilines is 2. The number of quaternary nitrogens is 1. The quantitative estimate of drug-likeness (QED) is 0.885. The Morgan fingerprint density at radius 2 is 1.84 bits per heavy atom. The Labute approximate surface area is 149 Å². The van der Waals surface area contributed by atoms with Gasteiger partial charge in [-0.15, -0.1) is 0 Å². The zero-order chi connectivity index (χ0) is 17.6. The van der Waals surface area contributed by atoms with E-state index in [1.54, 1.807) is 12.0 Å². The number of carbonyl (C=O) groups excluding carboxylic acids is 1. The Morgan fingerprint density at radius 1 is 1.12 bits per heavy atom. The summed E-state index contributed by atoms with van der Waals surface area (Å²) in [5.74, 6) is 1.04. The first-order valence-electron chi connectivity index (χ1n) is 8.71. The summed E-state index contributed by atoms with van der Waals surface area (Å²) >= 11 is 0. The topological polar surface area (TPSA) is 37.2 Å². The van der Waals surface area contributed by atoms with E-state index in [9.17, 15) is 4.79 Å². The number of para-hydroxylation sites is 1. The van der Waals surface area contributed by atoms with Crippen molar-refractivity contribution in [2.24, 2.45) is 0 Å². The summed E-state index contributed by atoms with van der Waals surface area (Å²) in [6, 6.07) is 18.0. The van der Waals surface area contributed by atoms with Crippen molar-refractivity contribution >= 4 is 17.3 Å². The minimum absolute atomic E-state index is 0.163. The van der Waals surface area contributed by atoms with Gasteiger partial charge in [0.15, 0.2) is 6.54 Å². The van der Waals surface area contributed by atoms with E-state index >= 15 is 0 Å². The van der Waals surface area contributed by atoms with Crippen molar-refractivity contribution in [3.05, 3.63) is 54.6 Å². The highest BCUT2D eigenvalue weighted by molar-refractivity contribution is 5.93. The third kappa shape index (κ3) is 4.31. The van der Waals surface area contributed by atoms with Crippen molar-refractivity contribution in [3.8, 4) is 5.75 Å². The summed E-state index contributed by atoms with van der Waals surface area (Å²) in [7, 11) is 3.54. The lowest BCUT2D eigenvalue weighted by Gasteiger charge is -2.34. The van der Waals surface area contributed by atoms with E-state index in [-0.39, 0.29) is 5.91 Å². The van der Waals surface area contributed by atoms with Gasteiger partial charge in [0.2, 0.25) is 0 Å². The fourth-order valence-electron chi connectivity index (χ4n) is 3.19. The third-order valence-corrected chi connectivity index (χ3v) is 4.81. The molecule has 1 N–H and O–H groups in total. The first-order valence-corrected chi connectivity index (χ1v) is 8.71. The van der Waals surface area contributed by atoms with Gasteiger partial charge in [-0.3, -0.25) is 4.79 Å². The summed E-state index contributed by atoms with van der Waals surface area (Å²) in [6.45, 7) is 4.37. The van der Waals surface area contributed by atoms with Gasteiger partial charge in [0.1, 0.15) is 5.75 Å². The van der Waals surface area contributed by atoms with Gasteiger partial charge < -0.3 is 19.4 Å². The Hall–Kier alpha value is -2.53. The van der Waals surface area contributed by atoms with Gasteiger partial charge in [0, 0.05) is 24.5 Å². The minimum atomic E-state index is 0.163. The summed E-state index contributed by atoms with van der Waals surface area (Å²) in [5, 5.41) is 0. The van der Waals surface area contributed by atoms with Gasteiger partial charge in [0.05, 0.1) is 33.3 Å². The minimum Gasteiger partial charge on any atom is -0.497 e. The van der Waals surface area contributed by atoms with E-state index in [0.717, 1.165) is 37.6 Å². The van der Waals surface area contributed by atoms with Gasteiger partial charge in [-0.25, -0.2) is 0 Å². The molecule has 1 saturated heterocycles. The zero-order valence-corrected chi connectivity index (χ0v) is 14.9. The fourth-order valence-corrected chi connectivity index (χ4v) is 3.19. The van der Waals surface area contributed by atoms with E-state index in [1.165, 1.54) is 10.6 Å². The molecule has 1 aliphatic heterocycles. The number of carbonyl (C=O) groups is 1. The Balaban J connectivity index is 1.53. The SMILES string of the molecule is COc1cccc(N2CC[NH+](CC(=O)N(C)c3ccccc3)CC2)c1. The number of hydrogen-bond donors (Lipinski definition) is 1. The second-order valence-corrected chi connectivity index (χ2v) is 6.40. The zero-order valence-electron chi connectivity index (χ0n) is 14.9. The Morgan fingerprint density at radius 3 is 2.52 bits per heavy atom. The maximum absolute atomic E-state index is 12.5. The molecule has 5 nitrogen and oxygen atoms in total. The van der Waals surface area contributed by atoms with Crippen LogP contribution in [0.3, 0.4) is 0 Å². The Kier molecular flexibility index (Phi) is 5.56. The second-order valence-electron chi connectivity index (χ2n) is 6.40. The van der Waals surface area contributed by atoms with Crippen molar-refractivity contribution in [1.29, 1.82) is 0 Å². The van der Waals surface area contributed by atoms with E-state index in [4.69, 9.17) is 4.74 Å². The summed E-state index contributed by atoms with van der Waals surface area (Å²) in [6.07, 6.45) is 0. The molecule has 2 aromatic rings. The average molecular weight is 340 g/mol. The molecule has 1 aliphatic rings. The van der Waals surface area contributed by atoms with E-state index in [2.05, 4.69) is 17.0 Å². The van der Waals surface area contributed by atoms with Crippen molar-refractivity contribution < 1.29 is 14.4 Å². The molecule has 0 unspecified atom stereocenters. The lowest BCUT2D eigenvalue weighted by atomic mass is 10.2. The van der Waals surface area contributed by atoms with Gasteiger partial charge >= 0.3 is 0 Å². The molecule has 0 saturated carbocycles. The van der Waals surface area contributed by atoms with Crippen molar-refractivity contribution in [1.82, 2.24) is 0 Å². The third-order valence-electron chi connectivity index (χ3n) is 4.81. The van der Waals surface area contributed by atoms with Crippen LogP contribution in [0.25, 0.3) is 0 Å². The number of rotatable bonds is 5. The number of hydrogen-bond acceptors (Lipinski definition) is 3. The Bertz CT molecular complexity index is 697. The molecule has 25 heavy (non-hydrogen) atoms. The fraction of sp³-hybridized carbons (Fsp3) is 0.350. The van der Waals surface area contributed by atoms with Crippen molar-refractivity contribution in [2.45, 2.75) is 0 Å². The van der Waals surface area contributed by atoms with Crippen LogP contribution in [0, 0.1) is 0 Å². The smallest absolute Gasteiger partial charge is 0.281 e. The number of ether oxygens (including phenoxy) is 1. The molecule has 2 aromatic carbocycles. The highest BCUT2D eigenvalue weighted by Gasteiger charge is 2.24. The molecular weight excluding hydrogens is 314 g/mol. The molecule has 0 radical (unpaired) electrons. The van der Waals surface area contributed by atoms with Crippen LogP contribution in [-0.2, 0) is 4.79 Å². The van der Waals surface area contributed by atoms with Crippen LogP contribution in [-0.4, -0.2) is 52.8 Å². The normalized spacial score (nSPS) is 15.0. The molecule has 0 atom stereocenters. The number of likely N-dealkylation sites (N-methyl/N-ethyl adjacent to an activating group) is 1. The molecule has 0 aliphatic carbocycles. The molecule has 132 valence electrons. The van der Waals surface area contributed by atoms with Crippen molar-refractivity contribution in [2.75, 3.05) is 56.7 Å². The number of piperazine rings is 1. The number of benzene rings is 2. The number of amides is 1. The van der Waals surface area contributed by atoms with Crippen LogP contribution in [0.5, 0.6) is 5.75 Å². The predicted molar refractivity (Wildman–Crippen MR) is 101 cm³/mol. The predicted octanol–water partition coefficient (Wildman–Crippen LogP) is 1.06. The number of methoxy groups -OCH3 is 1. The van der Waals surface area contributed by atoms with Gasteiger partial charge in [-0.1, -0.05) is 24.3 Å². The lowest BCUT2D eigenvalue weighted by molar-refractivity contribution is -0.892. The maximum Gasteiger partial charge on any atom is 0.281 e. The molecule has 1 amide bonds. The van der Waals surface area contributed by atoms with Crippen LogP contribution < -0.4 is 19.4 Å². The van der Waals surface area contributed by atoms with Crippen LogP contribution in [0.2, 0.25) is 0 Å². The van der Waals surface area contributed by atoms with Gasteiger partial charge in [-0.2, -0.15) is 0 Å². The molecule has 1 fully saturated rings. The summed E-state index contributed by atoms with van der Waals surface area (Å²) in [5.41, 5.74) is 2.13. The van der Waals surface area contributed by atoms with Crippen LogP contribution in [0.15, 0.2) is 54.6 Å². The second kappa shape index (κ2) is 8.03. The van der Waals surface area contributed by atoms with Crippen LogP contribution in [0.1, 0.15) is 0 Å². The summed E-state index contributed by atoms with van der Waals surface area (Å²) < 4.78 is 5.31. The summed E-state index contributed by atoms with van der Waals surface area (Å²) in [4.78, 5) is 18.0. The van der Waals surface area contributed by atoms with E-state index in [1.807, 2.05) is 49.5 Å². The van der Waals surface area contributed by atoms with Crippen LogP contribution >= 0.6 is 0 Å². The maximum atomic E-state index is 12.5. The standard InChI is InChI=1S/C20H25N3O2/c1-21(17-7-4-3-5-8-17)20(24)16-22-11-13-23(14-12-22)18-9-6-10-19(15-18)25-2/h3-10,15H,11-14,16H2,1-2H3/p+1. The van der Waals surface area contributed by atoms with Crippen molar-refractivity contribution in [3.63, 3.8) is 0 Å². The van der Waals surface area contributed by atoms with E-state index < -0.39 is 0 Å². The van der Waals surface area contributed by atoms with Gasteiger partial charge in [-0.05, 0) is 24.3 Å². The molecule has 0 aromatic heterocycles. The number of nitrogens with zero attached hydrogens (tertiary/aromatic N) is 2. The molecule has 0 spiro atoms. The largest absolute Gasteiger partial charge is 0.497 e. The van der Waals surface area contributed by atoms with Crippen LogP contribution in [0.4, 0.5) is 11.4 Å². The lowest BCUT2D eigenvalue weighted by Crippen LogP contribution is -3.16. The van der Waals surface area contributed by atoms with E-state index in [0.29, 0.717) is 6.54 Å². The molecule has 5 heteroatoms.